The summed E-state index contributed by atoms with van der Waals surface area (Å²) in [6.45, 7) is -0.798. The Morgan fingerprint density at radius 1 is 1.07 bits per heavy atom. The van der Waals surface area contributed by atoms with Gasteiger partial charge in [0.15, 0.2) is 9.84 Å². The third-order valence-corrected chi connectivity index (χ3v) is 7.99. The number of rotatable bonds is 8. The zero-order valence-corrected chi connectivity index (χ0v) is 23.1. The van der Waals surface area contributed by atoms with Gasteiger partial charge in [-0.3, -0.25) is 4.89 Å². The van der Waals surface area contributed by atoms with E-state index in [1.165, 1.54) is 54.6 Å². The molecule has 0 spiro atoms. The predicted molar refractivity (Wildman–Crippen MR) is 143 cm³/mol. The first-order valence-electron chi connectivity index (χ1n) is 12.2. The molecule has 0 radical (unpaired) electrons. The van der Waals surface area contributed by atoms with Crippen LogP contribution >= 0.6 is 11.6 Å². The second-order valence-electron chi connectivity index (χ2n) is 9.47. The maximum Gasteiger partial charge on any atom is 0.373 e. The molecule has 13 heteroatoms. The molecular formula is C28H26ClNO10S. The molecule has 0 saturated carbocycles. The molecule has 1 aliphatic heterocycles. The first kappa shape index (κ1) is 30.6. The highest BCUT2D eigenvalue weighted by atomic mass is 35.5. The molecule has 0 unspecified atom stereocenters. The Bertz CT molecular complexity index is 1570. The summed E-state index contributed by atoms with van der Waals surface area (Å²) in [6.07, 6.45) is -5.93. The highest BCUT2D eigenvalue weighted by Crippen LogP contribution is 2.41. The van der Waals surface area contributed by atoms with Crippen LogP contribution in [0.2, 0.25) is 5.02 Å². The second kappa shape index (κ2) is 12.2. The van der Waals surface area contributed by atoms with E-state index in [9.17, 15) is 38.9 Å². The number of carbonyl (C=O) groups excluding carboxylic acids is 1. The number of halogens is 1. The van der Waals surface area contributed by atoms with Gasteiger partial charge in [0.25, 0.3) is 5.79 Å². The van der Waals surface area contributed by atoms with Crippen LogP contribution in [0, 0.1) is 11.3 Å². The molecule has 216 valence electrons. The van der Waals surface area contributed by atoms with Crippen LogP contribution < -0.4 is 0 Å². The number of benzene rings is 3. The quantitative estimate of drug-likeness (QED) is 0.217. The lowest BCUT2D eigenvalue weighted by Crippen LogP contribution is -2.64. The lowest BCUT2D eigenvalue weighted by Gasteiger charge is -2.46. The highest BCUT2D eigenvalue weighted by molar-refractivity contribution is 7.90. The van der Waals surface area contributed by atoms with Crippen LogP contribution in [-0.2, 0) is 36.6 Å². The van der Waals surface area contributed by atoms with Crippen molar-refractivity contribution in [3.8, 4) is 6.07 Å². The van der Waals surface area contributed by atoms with Gasteiger partial charge in [0.1, 0.15) is 24.4 Å². The van der Waals surface area contributed by atoms with Crippen molar-refractivity contribution in [1.29, 1.82) is 5.26 Å². The van der Waals surface area contributed by atoms with Crippen molar-refractivity contribution >= 4 is 27.4 Å². The van der Waals surface area contributed by atoms with Crippen molar-refractivity contribution in [3.63, 3.8) is 0 Å². The van der Waals surface area contributed by atoms with Crippen molar-refractivity contribution in [2.24, 2.45) is 0 Å². The zero-order valence-electron chi connectivity index (χ0n) is 21.5. The van der Waals surface area contributed by atoms with Crippen LogP contribution in [0.15, 0.2) is 71.6 Å². The summed E-state index contributed by atoms with van der Waals surface area (Å²) in [4.78, 5) is 23.3. The van der Waals surface area contributed by atoms with Crippen LogP contribution in [0.5, 0.6) is 0 Å². The molecule has 1 fully saturated rings. The number of aliphatic hydroxyl groups is 4. The molecule has 5 atom stereocenters. The molecule has 0 bridgehead atoms. The van der Waals surface area contributed by atoms with Gasteiger partial charge in [-0.1, -0.05) is 35.9 Å². The second-order valence-corrected chi connectivity index (χ2v) is 11.9. The van der Waals surface area contributed by atoms with Crippen LogP contribution in [0.4, 0.5) is 0 Å². The Hall–Kier alpha value is -3.38. The number of hydrogen-bond acceptors (Lipinski definition) is 11. The highest BCUT2D eigenvalue weighted by Gasteiger charge is 2.57. The van der Waals surface area contributed by atoms with Gasteiger partial charge in [-0.25, -0.2) is 13.2 Å². The fourth-order valence-electron chi connectivity index (χ4n) is 4.40. The van der Waals surface area contributed by atoms with Gasteiger partial charge in [0.05, 0.1) is 28.7 Å². The summed E-state index contributed by atoms with van der Waals surface area (Å²) >= 11 is 5.94. The van der Waals surface area contributed by atoms with Gasteiger partial charge in [0.2, 0.25) is 0 Å². The average molecular weight is 604 g/mol. The monoisotopic (exact) mass is 603 g/mol. The fourth-order valence-corrected chi connectivity index (χ4v) is 5.22. The van der Waals surface area contributed by atoms with Crippen LogP contribution in [0.25, 0.3) is 0 Å². The Labute approximate surface area is 240 Å². The molecular weight excluding hydrogens is 578 g/mol. The molecule has 3 aromatic carbocycles. The van der Waals surface area contributed by atoms with Crippen molar-refractivity contribution < 1.29 is 48.2 Å². The van der Waals surface area contributed by atoms with Crippen molar-refractivity contribution in [3.05, 3.63) is 99.6 Å². The van der Waals surface area contributed by atoms with E-state index in [1.807, 2.05) is 0 Å². The van der Waals surface area contributed by atoms with Gasteiger partial charge in [-0.15, -0.1) is 4.89 Å². The molecule has 0 aliphatic carbocycles. The third-order valence-electron chi connectivity index (χ3n) is 6.63. The molecule has 1 heterocycles. The largest absolute Gasteiger partial charge is 0.394 e. The maximum absolute atomic E-state index is 12.7. The van der Waals surface area contributed by atoms with Crippen LogP contribution in [-0.4, -0.2) is 72.1 Å². The Balaban J connectivity index is 1.75. The summed E-state index contributed by atoms with van der Waals surface area (Å²) in [6, 6.07) is 17.9. The molecule has 3 aromatic rings. The first-order chi connectivity index (χ1) is 19.4. The molecule has 0 amide bonds. The normalized spacial score (nSPS) is 24.4. The van der Waals surface area contributed by atoms with Gasteiger partial charge >= 0.3 is 5.97 Å². The summed E-state index contributed by atoms with van der Waals surface area (Å²) < 4.78 is 29.4. The van der Waals surface area contributed by atoms with Crippen molar-refractivity contribution in [2.75, 3.05) is 12.9 Å². The molecule has 0 aromatic heterocycles. The SMILES string of the molecule is CS(=O)(=O)c1ccc(Cc2cc([C@]3(OOC(=O)c4cccc(Cl)c4)O[C@H](CO)[C@@H](O)[C@H](O)[C@H]3O)ccc2C#N)cc1. The van der Waals surface area contributed by atoms with Crippen molar-refractivity contribution in [2.45, 2.75) is 41.5 Å². The number of carbonyl (C=O) groups is 1. The number of aliphatic hydroxyl groups excluding tert-OH is 4. The van der Waals surface area contributed by atoms with Gasteiger partial charge in [0, 0.05) is 16.8 Å². The summed E-state index contributed by atoms with van der Waals surface area (Å²) in [5.41, 5.74) is 1.22. The minimum Gasteiger partial charge on any atom is -0.394 e. The van der Waals surface area contributed by atoms with Crippen LogP contribution in [0.1, 0.15) is 32.6 Å². The van der Waals surface area contributed by atoms with Crippen molar-refractivity contribution in [1.82, 2.24) is 0 Å². The summed E-state index contributed by atoms with van der Waals surface area (Å²) in [5, 5.41) is 51.8. The van der Waals surface area contributed by atoms with E-state index in [1.54, 1.807) is 12.1 Å². The Kier molecular flexibility index (Phi) is 9.13. The topological polar surface area (TPSA) is 184 Å². The zero-order chi connectivity index (χ0) is 29.9. The van der Waals surface area contributed by atoms with Gasteiger partial charge in [-0.05, 0) is 60.0 Å². The minimum absolute atomic E-state index is 0.00435. The first-order valence-corrected chi connectivity index (χ1v) is 14.5. The molecule has 1 aliphatic rings. The minimum atomic E-state index is -3.42. The standard InChI is InChI=1S/C28H26ClNO10S/c1-41(36,37)22-9-5-16(6-10-22)11-19-12-20(8-7-18(19)14-30)28(26(34)25(33)24(32)23(15-31)38-28)40-39-27(35)17-3-2-4-21(29)13-17/h2-10,12-13,23-26,31-34H,11,15H2,1H3/t23-,24-,25+,26-,28-/m1/s1. The number of sulfone groups is 1. The van der Waals surface area contributed by atoms with E-state index in [2.05, 4.69) is 6.07 Å². The number of nitrogens with zero attached hydrogens (tertiary/aromatic N) is 1. The number of ether oxygens (including phenoxy) is 1. The lowest BCUT2D eigenvalue weighted by molar-refractivity contribution is -0.465. The van der Waals surface area contributed by atoms with E-state index in [0.717, 1.165) is 6.26 Å². The molecule has 41 heavy (non-hydrogen) atoms. The molecule has 1 saturated heterocycles. The smallest absolute Gasteiger partial charge is 0.373 e. The molecule has 4 N–H and O–H groups in total. The van der Waals surface area contributed by atoms with Crippen LogP contribution in [0.3, 0.4) is 0 Å². The lowest BCUT2D eigenvalue weighted by atomic mass is 9.86. The van der Waals surface area contributed by atoms with E-state index in [4.69, 9.17) is 26.1 Å². The summed E-state index contributed by atoms with van der Waals surface area (Å²) in [7, 11) is -3.42. The molecule has 11 nitrogen and oxygen atoms in total. The van der Waals surface area contributed by atoms with E-state index in [-0.39, 0.29) is 33.0 Å². The maximum atomic E-state index is 12.7. The molecule has 4 rings (SSSR count). The average Bonchev–Trinajstić information content (AvgIpc) is 2.95. The van der Waals surface area contributed by atoms with Gasteiger partial charge in [-0.2, -0.15) is 5.26 Å². The van der Waals surface area contributed by atoms with E-state index < -0.39 is 52.6 Å². The third kappa shape index (κ3) is 6.43. The van der Waals surface area contributed by atoms with E-state index in [0.29, 0.717) is 11.1 Å². The Morgan fingerprint density at radius 3 is 2.39 bits per heavy atom. The predicted octanol–water partition coefficient (Wildman–Crippen LogP) is 1.62. The van der Waals surface area contributed by atoms with Gasteiger partial charge < -0.3 is 25.2 Å². The Morgan fingerprint density at radius 2 is 1.78 bits per heavy atom. The number of hydrogen-bond donors (Lipinski definition) is 4. The summed E-state index contributed by atoms with van der Waals surface area (Å²) in [5.74, 6) is -3.48. The fraction of sp³-hybridized carbons (Fsp3) is 0.286. The van der Waals surface area contributed by atoms with E-state index >= 15 is 0 Å². The number of nitriles is 1.